The normalized spacial score (nSPS) is 14.9. The Bertz CT molecular complexity index is 308. The fourth-order valence-corrected chi connectivity index (χ4v) is 2.05. The molecule has 2 nitrogen and oxygen atoms in total. The fourth-order valence-electron chi connectivity index (χ4n) is 2.05. The largest absolute Gasteiger partial charge is 0.384 e. The van der Waals surface area contributed by atoms with Crippen LogP contribution in [0.3, 0.4) is 0 Å². The summed E-state index contributed by atoms with van der Waals surface area (Å²) in [5.41, 5.74) is 0.236. The number of likely N-dealkylation sites (N-methyl/N-ethyl adjacent to an activating group) is 1. The summed E-state index contributed by atoms with van der Waals surface area (Å²) < 4.78 is 0. The van der Waals surface area contributed by atoms with E-state index in [2.05, 4.69) is 18.7 Å². The summed E-state index contributed by atoms with van der Waals surface area (Å²) in [6.07, 6.45) is 2.39. The molecule has 0 saturated carbocycles. The zero-order valence-electron chi connectivity index (χ0n) is 11.3. The van der Waals surface area contributed by atoms with E-state index in [1.807, 2.05) is 37.3 Å². The van der Waals surface area contributed by atoms with Crippen LogP contribution >= 0.6 is 0 Å². The van der Waals surface area contributed by atoms with Gasteiger partial charge in [0.15, 0.2) is 0 Å². The van der Waals surface area contributed by atoms with Gasteiger partial charge in [-0.3, -0.25) is 0 Å². The lowest BCUT2D eigenvalue weighted by Crippen LogP contribution is -2.39. The van der Waals surface area contributed by atoms with E-state index in [-0.39, 0.29) is 0 Å². The van der Waals surface area contributed by atoms with Gasteiger partial charge in [0.05, 0.1) is 5.60 Å². The lowest BCUT2D eigenvalue weighted by Gasteiger charge is -2.31. The van der Waals surface area contributed by atoms with Crippen molar-refractivity contribution in [2.24, 2.45) is 0 Å². The van der Waals surface area contributed by atoms with Gasteiger partial charge in [0.1, 0.15) is 0 Å². The van der Waals surface area contributed by atoms with Gasteiger partial charge in [0.2, 0.25) is 0 Å². The van der Waals surface area contributed by atoms with E-state index < -0.39 is 5.60 Å². The second-order valence-electron chi connectivity index (χ2n) is 4.86. The highest BCUT2D eigenvalue weighted by molar-refractivity contribution is 5.21. The fraction of sp³-hybridized carbons (Fsp3) is 0.600. The average molecular weight is 235 g/mol. The van der Waals surface area contributed by atoms with E-state index in [1.54, 1.807) is 0 Å². The lowest BCUT2D eigenvalue weighted by atomic mass is 9.95. The van der Waals surface area contributed by atoms with Gasteiger partial charge in [-0.15, -0.1) is 0 Å². The Balaban J connectivity index is 2.64. The Kier molecular flexibility index (Phi) is 5.66. The van der Waals surface area contributed by atoms with E-state index in [9.17, 15) is 5.11 Å². The highest BCUT2D eigenvalue weighted by Gasteiger charge is 2.25. The molecule has 1 rings (SSSR count). The molecule has 0 aliphatic carbocycles. The maximum atomic E-state index is 10.5. The summed E-state index contributed by atoms with van der Waals surface area (Å²) in [6, 6.07) is 9.92. The minimum Gasteiger partial charge on any atom is -0.384 e. The first kappa shape index (κ1) is 14.2. The van der Waals surface area contributed by atoms with Crippen molar-refractivity contribution in [1.82, 2.24) is 4.90 Å². The molecule has 0 bridgehead atoms. The average Bonchev–Trinajstić information content (AvgIpc) is 2.35. The van der Waals surface area contributed by atoms with Crippen molar-refractivity contribution in [3.63, 3.8) is 0 Å². The van der Waals surface area contributed by atoms with Gasteiger partial charge in [-0.2, -0.15) is 0 Å². The molecular formula is C15H25NO. The van der Waals surface area contributed by atoms with Crippen LogP contribution in [-0.4, -0.2) is 29.6 Å². The zero-order valence-corrected chi connectivity index (χ0v) is 11.3. The predicted octanol–water partition coefficient (Wildman–Crippen LogP) is 3.02. The van der Waals surface area contributed by atoms with Crippen LogP contribution < -0.4 is 0 Å². The molecular weight excluding hydrogens is 210 g/mol. The van der Waals surface area contributed by atoms with Crippen molar-refractivity contribution in [2.45, 2.75) is 39.2 Å². The third-order valence-corrected chi connectivity index (χ3v) is 3.20. The van der Waals surface area contributed by atoms with Gasteiger partial charge in [0.25, 0.3) is 0 Å². The molecule has 0 aliphatic rings. The highest BCUT2D eigenvalue weighted by Crippen LogP contribution is 2.21. The number of aliphatic hydroxyl groups is 1. The summed E-state index contributed by atoms with van der Waals surface area (Å²) in [7, 11) is 0. The number of nitrogens with zero attached hydrogens (tertiary/aromatic N) is 1. The van der Waals surface area contributed by atoms with Gasteiger partial charge in [0, 0.05) is 6.54 Å². The Labute approximate surface area is 105 Å². The summed E-state index contributed by atoms with van der Waals surface area (Å²) in [4.78, 5) is 2.32. The topological polar surface area (TPSA) is 23.5 Å². The van der Waals surface area contributed by atoms with Gasteiger partial charge in [-0.1, -0.05) is 50.6 Å². The smallest absolute Gasteiger partial charge is 0.0994 e. The number of benzene rings is 1. The van der Waals surface area contributed by atoms with Crippen LogP contribution in [0.25, 0.3) is 0 Å². The molecule has 0 fully saturated rings. The number of hydrogen-bond acceptors (Lipinski definition) is 2. The van der Waals surface area contributed by atoms with Crippen LogP contribution in [0.2, 0.25) is 0 Å². The number of rotatable bonds is 7. The van der Waals surface area contributed by atoms with Crippen molar-refractivity contribution in [3.05, 3.63) is 35.9 Å². The predicted molar refractivity (Wildman–Crippen MR) is 73.0 cm³/mol. The van der Waals surface area contributed by atoms with Crippen molar-refractivity contribution >= 4 is 0 Å². The zero-order chi connectivity index (χ0) is 12.7. The minimum atomic E-state index is -0.759. The Morgan fingerprint density at radius 3 is 2.35 bits per heavy atom. The van der Waals surface area contributed by atoms with Crippen LogP contribution in [0, 0.1) is 0 Å². The van der Waals surface area contributed by atoms with Gasteiger partial charge < -0.3 is 10.0 Å². The monoisotopic (exact) mass is 235 g/mol. The summed E-state index contributed by atoms with van der Waals surface area (Å²) in [6.45, 7) is 9.00. The quantitative estimate of drug-likeness (QED) is 0.785. The summed E-state index contributed by atoms with van der Waals surface area (Å²) >= 11 is 0. The van der Waals surface area contributed by atoms with Crippen LogP contribution in [0.5, 0.6) is 0 Å². The number of hydrogen-bond donors (Lipinski definition) is 1. The van der Waals surface area contributed by atoms with Crippen LogP contribution in [0.15, 0.2) is 30.3 Å². The molecule has 0 radical (unpaired) electrons. The standard InChI is InChI=1S/C15H25NO/c1-4-6-12-16(5-2)13-15(3,17)14-10-8-7-9-11-14/h7-11,17H,4-6,12-13H2,1-3H3. The first-order valence-corrected chi connectivity index (χ1v) is 6.60. The Morgan fingerprint density at radius 2 is 1.82 bits per heavy atom. The molecule has 2 heteroatoms. The van der Waals surface area contributed by atoms with E-state index in [4.69, 9.17) is 0 Å². The van der Waals surface area contributed by atoms with Crippen molar-refractivity contribution in [2.75, 3.05) is 19.6 Å². The molecule has 1 aromatic carbocycles. The van der Waals surface area contributed by atoms with E-state index >= 15 is 0 Å². The first-order valence-electron chi connectivity index (χ1n) is 6.60. The Morgan fingerprint density at radius 1 is 1.18 bits per heavy atom. The molecule has 0 spiro atoms. The van der Waals surface area contributed by atoms with E-state index in [0.29, 0.717) is 6.54 Å². The maximum Gasteiger partial charge on any atom is 0.0994 e. The van der Waals surface area contributed by atoms with E-state index in [1.165, 1.54) is 12.8 Å². The molecule has 0 aliphatic heterocycles. The van der Waals surface area contributed by atoms with Crippen LogP contribution in [0.4, 0.5) is 0 Å². The van der Waals surface area contributed by atoms with Crippen molar-refractivity contribution in [1.29, 1.82) is 0 Å². The highest BCUT2D eigenvalue weighted by atomic mass is 16.3. The molecule has 1 N–H and O–H groups in total. The second kappa shape index (κ2) is 6.77. The van der Waals surface area contributed by atoms with Crippen molar-refractivity contribution in [3.8, 4) is 0 Å². The third-order valence-electron chi connectivity index (χ3n) is 3.20. The van der Waals surface area contributed by atoms with Crippen molar-refractivity contribution < 1.29 is 5.11 Å². The molecule has 1 unspecified atom stereocenters. The molecule has 96 valence electrons. The van der Waals surface area contributed by atoms with Gasteiger partial charge in [-0.25, -0.2) is 0 Å². The first-order chi connectivity index (χ1) is 8.10. The summed E-state index contributed by atoms with van der Waals surface area (Å²) in [5.74, 6) is 0. The van der Waals surface area contributed by atoms with Crippen LogP contribution in [-0.2, 0) is 5.60 Å². The third kappa shape index (κ3) is 4.49. The molecule has 0 heterocycles. The van der Waals surface area contributed by atoms with Gasteiger partial charge >= 0.3 is 0 Å². The Hall–Kier alpha value is -0.860. The molecule has 17 heavy (non-hydrogen) atoms. The summed E-state index contributed by atoms with van der Waals surface area (Å²) in [5, 5.41) is 10.5. The van der Waals surface area contributed by atoms with Gasteiger partial charge in [-0.05, 0) is 32.0 Å². The second-order valence-corrected chi connectivity index (χ2v) is 4.86. The molecule has 1 atom stereocenters. The van der Waals surface area contributed by atoms with Crippen LogP contribution in [0.1, 0.15) is 39.2 Å². The molecule has 0 aromatic heterocycles. The molecule has 0 saturated heterocycles. The molecule has 1 aromatic rings. The number of unbranched alkanes of at least 4 members (excludes halogenated alkanes) is 1. The van der Waals surface area contributed by atoms with E-state index in [0.717, 1.165) is 18.7 Å². The minimum absolute atomic E-state index is 0.702. The molecule has 0 amide bonds. The SMILES string of the molecule is CCCCN(CC)CC(C)(O)c1ccccc1. The lowest BCUT2D eigenvalue weighted by molar-refractivity contribution is 0.0169. The maximum absolute atomic E-state index is 10.5.